The van der Waals surface area contributed by atoms with Gasteiger partial charge >= 0.3 is 0 Å². The van der Waals surface area contributed by atoms with E-state index < -0.39 is 0 Å². The Kier molecular flexibility index (Phi) is 5.23. The Labute approximate surface area is 116 Å². The number of methoxy groups -OCH3 is 1. The Morgan fingerprint density at radius 1 is 1.42 bits per heavy atom. The molecule has 1 N–H and O–H groups in total. The Morgan fingerprint density at radius 2 is 2.26 bits per heavy atom. The number of aliphatic hydroxyl groups is 1. The van der Waals surface area contributed by atoms with Gasteiger partial charge in [0, 0.05) is 18.7 Å². The topological polar surface area (TPSA) is 32.7 Å². The molecule has 0 aliphatic carbocycles. The van der Waals surface area contributed by atoms with Crippen LogP contribution in [0.3, 0.4) is 0 Å². The summed E-state index contributed by atoms with van der Waals surface area (Å²) in [6.45, 7) is 5.65. The second kappa shape index (κ2) is 6.92. The smallest absolute Gasteiger partial charge is 0.123 e. The Hall–Kier alpha value is -1.06. The maximum absolute atomic E-state index is 9.26. The molecule has 0 amide bonds. The van der Waals surface area contributed by atoms with E-state index in [2.05, 4.69) is 17.9 Å². The number of nitrogens with zero attached hydrogens (tertiary/aromatic N) is 1. The molecule has 1 aromatic carbocycles. The van der Waals surface area contributed by atoms with Crippen molar-refractivity contribution in [1.82, 2.24) is 4.90 Å². The van der Waals surface area contributed by atoms with E-state index in [1.165, 1.54) is 37.9 Å². The van der Waals surface area contributed by atoms with E-state index in [4.69, 9.17) is 4.74 Å². The van der Waals surface area contributed by atoms with Crippen LogP contribution in [0.4, 0.5) is 0 Å². The lowest BCUT2D eigenvalue weighted by Gasteiger charge is -2.32. The number of benzene rings is 1. The quantitative estimate of drug-likeness (QED) is 0.886. The number of hydrogen-bond acceptors (Lipinski definition) is 3. The molecule has 1 atom stereocenters. The molecular formula is C16H25NO2. The van der Waals surface area contributed by atoms with Crippen molar-refractivity contribution in [3.63, 3.8) is 0 Å². The molecule has 1 unspecified atom stereocenters. The van der Waals surface area contributed by atoms with Gasteiger partial charge in [0.05, 0.1) is 13.7 Å². The van der Waals surface area contributed by atoms with E-state index in [9.17, 15) is 5.11 Å². The van der Waals surface area contributed by atoms with Crippen LogP contribution in [-0.4, -0.2) is 30.2 Å². The normalized spacial score (nSPS) is 20.5. The first-order chi connectivity index (χ1) is 9.26. The van der Waals surface area contributed by atoms with Gasteiger partial charge in [-0.1, -0.05) is 19.4 Å². The van der Waals surface area contributed by atoms with Crippen molar-refractivity contribution in [2.45, 2.75) is 39.3 Å². The molecule has 0 saturated carbocycles. The number of aliphatic hydroxyl groups excluding tert-OH is 1. The summed E-state index contributed by atoms with van der Waals surface area (Å²) in [4.78, 5) is 2.51. The van der Waals surface area contributed by atoms with Crippen LogP contribution in [0.1, 0.15) is 37.3 Å². The monoisotopic (exact) mass is 263 g/mol. The van der Waals surface area contributed by atoms with E-state index in [0.717, 1.165) is 23.8 Å². The summed E-state index contributed by atoms with van der Waals surface area (Å²) in [5.74, 6) is 1.76. The van der Waals surface area contributed by atoms with Crippen molar-refractivity contribution in [3.8, 4) is 5.75 Å². The van der Waals surface area contributed by atoms with Crippen LogP contribution in [-0.2, 0) is 13.2 Å². The maximum atomic E-state index is 9.26. The largest absolute Gasteiger partial charge is 0.496 e. The van der Waals surface area contributed by atoms with Gasteiger partial charge in [-0.25, -0.2) is 0 Å². The summed E-state index contributed by atoms with van der Waals surface area (Å²) >= 11 is 0. The minimum atomic E-state index is 0.0918. The Morgan fingerprint density at radius 3 is 2.95 bits per heavy atom. The summed E-state index contributed by atoms with van der Waals surface area (Å²) < 4.78 is 5.43. The number of rotatable bonds is 5. The lowest BCUT2D eigenvalue weighted by atomic mass is 9.95. The van der Waals surface area contributed by atoms with Gasteiger partial charge in [0.25, 0.3) is 0 Å². The average Bonchev–Trinajstić information content (AvgIpc) is 2.47. The van der Waals surface area contributed by atoms with Gasteiger partial charge in [-0.2, -0.15) is 0 Å². The zero-order valence-electron chi connectivity index (χ0n) is 12.1. The molecule has 0 aromatic heterocycles. The lowest BCUT2D eigenvalue weighted by molar-refractivity contribution is 0.163. The third kappa shape index (κ3) is 3.71. The maximum Gasteiger partial charge on any atom is 0.123 e. The molecule has 0 bridgehead atoms. The minimum absolute atomic E-state index is 0.0918. The van der Waals surface area contributed by atoms with E-state index >= 15 is 0 Å². The molecule has 2 rings (SSSR count). The predicted octanol–water partition coefficient (Wildman–Crippen LogP) is 2.81. The molecule has 1 heterocycles. The Bertz CT molecular complexity index is 406. The highest BCUT2D eigenvalue weighted by Gasteiger charge is 2.19. The van der Waals surface area contributed by atoms with Gasteiger partial charge in [0.2, 0.25) is 0 Å². The summed E-state index contributed by atoms with van der Waals surface area (Å²) in [5, 5.41) is 9.26. The fourth-order valence-electron chi connectivity index (χ4n) is 2.92. The van der Waals surface area contributed by atoms with Crippen molar-refractivity contribution < 1.29 is 9.84 Å². The van der Waals surface area contributed by atoms with E-state index in [-0.39, 0.29) is 6.61 Å². The summed E-state index contributed by atoms with van der Waals surface area (Å²) in [6.07, 6.45) is 3.92. The van der Waals surface area contributed by atoms with Crippen LogP contribution >= 0.6 is 0 Å². The van der Waals surface area contributed by atoms with Crippen molar-refractivity contribution in [3.05, 3.63) is 29.3 Å². The highest BCUT2D eigenvalue weighted by molar-refractivity contribution is 5.37. The highest BCUT2D eigenvalue weighted by Crippen LogP contribution is 2.25. The minimum Gasteiger partial charge on any atom is -0.496 e. The van der Waals surface area contributed by atoms with Gasteiger partial charge in [0.15, 0.2) is 0 Å². The van der Waals surface area contributed by atoms with Gasteiger partial charge in [-0.3, -0.25) is 4.90 Å². The van der Waals surface area contributed by atoms with Crippen LogP contribution in [0.25, 0.3) is 0 Å². The van der Waals surface area contributed by atoms with Gasteiger partial charge in [0.1, 0.15) is 5.75 Å². The van der Waals surface area contributed by atoms with Crippen molar-refractivity contribution in [2.24, 2.45) is 5.92 Å². The first kappa shape index (κ1) is 14.4. The Balaban J connectivity index is 2.08. The summed E-state index contributed by atoms with van der Waals surface area (Å²) in [6, 6.07) is 5.95. The van der Waals surface area contributed by atoms with Crippen molar-refractivity contribution >= 4 is 0 Å². The molecule has 19 heavy (non-hydrogen) atoms. The SMILES string of the molecule is CCC1CCCN(Cc2cc(CO)ccc2OC)C1. The lowest BCUT2D eigenvalue weighted by Crippen LogP contribution is -2.34. The summed E-state index contributed by atoms with van der Waals surface area (Å²) in [7, 11) is 1.71. The standard InChI is InChI=1S/C16H25NO2/c1-3-13-5-4-8-17(10-13)11-15-9-14(12-18)6-7-16(15)19-2/h6-7,9,13,18H,3-5,8,10-12H2,1-2H3. The number of ether oxygens (including phenoxy) is 1. The zero-order valence-corrected chi connectivity index (χ0v) is 12.1. The molecule has 3 heteroatoms. The molecule has 0 spiro atoms. The van der Waals surface area contributed by atoms with E-state index in [0.29, 0.717) is 0 Å². The number of likely N-dealkylation sites (tertiary alicyclic amines) is 1. The van der Waals surface area contributed by atoms with E-state index in [1.807, 2.05) is 12.1 Å². The van der Waals surface area contributed by atoms with Gasteiger partial charge < -0.3 is 9.84 Å². The van der Waals surface area contributed by atoms with Gasteiger partial charge in [-0.05, 0) is 43.0 Å². The average molecular weight is 263 g/mol. The van der Waals surface area contributed by atoms with Crippen LogP contribution < -0.4 is 4.74 Å². The fraction of sp³-hybridized carbons (Fsp3) is 0.625. The molecule has 1 aliphatic rings. The zero-order chi connectivity index (χ0) is 13.7. The number of piperidine rings is 1. The van der Waals surface area contributed by atoms with Crippen LogP contribution in [0, 0.1) is 5.92 Å². The third-order valence-corrected chi connectivity index (χ3v) is 4.10. The van der Waals surface area contributed by atoms with Gasteiger partial charge in [-0.15, -0.1) is 0 Å². The first-order valence-corrected chi connectivity index (χ1v) is 7.25. The van der Waals surface area contributed by atoms with Crippen LogP contribution in [0.15, 0.2) is 18.2 Å². The molecule has 1 fully saturated rings. The molecule has 1 aliphatic heterocycles. The number of hydrogen-bond donors (Lipinski definition) is 1. The molecular weight excluding hydrogens is 238 g/mol. The van der Waals surface area contributed by atoms with E-state index in [1.54, 1.807) is 7.11 Å². The third-order valence-electron chi connectivity index (χ3n) is 4.10. The fourth-order valence-corrected chi connectivity index (χ4v) is 2.92. The predicted molar refractivity (Wildman–Crippen MR) is 77.2 cm³/mol. The summed E-state index contributed by atoms with van der Waals surface area (Å²) in [5.41, 5.74) is 2.14. The second-order valence-corrected chi connectivity index (χ2v) is 5.46. The first-order valence-electron chi connectivity index (χ1n) is 7.25. The van der Waals surface area contributed by atoms with Crippen LogP contribution in [0.5, 0.6) is 5.75 Å². The molecule has 1 aromatic rings. The molecule has 106 valence electrons. The second-order valence-electron chi connectivity index (χ2n) is 5.46. The van der Waals surface area contributed by atoms with Crippen molar-refractivity contribution in [2.75, 3.05) is 20.2 Å². The molecule has 1 saturated heterocycles. The highest BCUT2D eigenvalue weighted by atomic mass is 16.5. The van der Waals surface area contributed by atoms with Crippen molar-refractivity contribution in [1.29, 1.82) is 0 Å². The molecule has 0 radical (unpaired) electrons. The molecule has 3 nitrogen and oxygen atoms in total. The van der Waals surface area contributed by atoms with Crippen LogP contribution in [0.2, 0.25) is 0 Å².